The molecule has 0 unspecified atom stereocenters. The van der Waals surface area contributed by atoms with E-state index in [-0.39, 0.29) is 10.9 Å². The minimum atomic E-state index is -0.688. The number of nitrogens with one attached hydrogen (secondary N) is 1. The lowest BCUT2D eigenvalue weighted by molar-refractivity contribution is 0.174. The fraction of sp³-hybridized carbons (Fsp3) is 0.267. The molecule has 3 N–H and O–H groups in total. The van der Waals surface area contributed by atoms with Gasteiger partial charge in [-0.1, -0.05) is 35.3 Å². The molecule has 0 spiro atoms. The lowest BCUT2D eigenvalue weighted by Gasteiger charge is -2.12. The van der Waals surface area contributed by atoms with Crippen molar-refractivity contribution in [3.63, 3.8) is 0 Å². The minimum Gasteiger partial charge on any atom is -0.508 e. The van der Waals surface area contributed by atoms with Crippen molar-refractivity contribution in [3.8, 4) is 5.75 Å². The highest BCUT2D eigenvalue weighted by atomic mass is 35.5. The fourth-order valence-electron chi connectivity index (χ4n) is 1.87. The van der Waals surface area contributed by atoms with Crippen LogP contribution in [-0.2, 0) is 6.42 Å². The van der Waals surface area contributed by atoms with Gasteiger partial charge in [-0.15, -0.1) is 0 Å². The summed E-state index contributed by atoms with van der Waals surface area (Å²) in [6, 6.07) is 8.67. The fourth-order valence-corrected chi connectivity index (χ4v) is 2.15. The van der Waals surface area contributed by atoms with Crippen LogP contribution < -0.4 is 5.32 Å². The molecule has 112 valence electrons. The van der Waals surface area contributed by atoms with Crippen LogP contribution in [0.5, 0.6) is 5.75 Å². The first-order valence-corrected chi connectivity index (χ1v) is 7.29. The van der Waals surface area contributed by atoms with Gasteiger partial charge in [-0.05, 0) is 36.7 Å². The molecule has 1 aromatic carbocycles. The molecule has 2 rings (SSSR count). The van der Waals surface area contributed by atoms with Gasteiger partial charge in [0.05, 0.1) is 11.1 Å². The van der Waals surface area contributed by atoms with Gasteiger partial charge in [0.15, 0.2) is 0 Å². The third-order valence-corrected chi connectivity index (χ3v) is 3.75. The Morgan fingerprint density at radius 2 is 1.90 bits per heavy atom. The first kappa shape index (κ1) is 16.0. The van der Waals surface area contributed by atoms with Crippen molar-refractivity contribution in [3.05, 3.63) is 57.8 Å². The second kappa shape index (κ2) is 7.61. The highest BCUT2D eigenvalue weighted by Gasteiger charge is 2.09. The molecular weight excluding hydrogens is 311 g/mol. The Labute approximate surface area is 133 Å². The molecule has 0 bridgehead atoms. The highest BCUT2D eigenvalue weighted by Crippen LogP contribution is 2.22. The van der Waals surface area contributed by atoms with Crippen molar-refractivity contribution in [2.24, 2.45) is 0 Å². The van der Waals surface area contributed by atoms with E-state index in [4.69, 9.17) is 23.2 Å². The molecule has 6 heteroatoms. The summed E-state index contributed by atoms with van der Waals surface area (Å²) < 4.78 is 0. The Bertz CT molecular complexity index is 591. The number of aromatic nitrogens is 1. The third kappa shape index (κ3) is 4.86. The number of phenolic OH excluding ortho intramolecular Hbond substituents is 1. The van der Waals surface area contributed by atoms with Gasteiger partial charge >= 0.3 is 0 Å². The summed E-state index contributed by atoms with van der Waals surface area (Å²) in [5, 5.41) is 23.0. The summed E-state index contributed by atoms with van der Waals surface area (Å²) in [6.07, 6.45) is 1.64. The number of phenols is 1. The molecule has 0 saturated heterocycles. The molecule has 0 saturated carbocycles. The molecule has 21 heavy (non-hydrogen) atoms. The van der Waals surface area contributed by atoms with E-state index in [1.807, 2.05) is 12.1 Å². The van der Waals surface area contributed by atoms with E-state index >= 15 is 0 Å². The number of aliphatic hydroxyl groups excluding tert-OH is 1. The molecule has 4 nitrogen and oxygen atoms in total. The lowest BCUT2D eigenvalue weighted by atomic mass is 10.1. The summed E-state index contributed by atoms with van der Waals surface area (Å²) in [4.78, 5) is 3.91. The molecule has 0 radical (unpaired) electrons. The van der Waals surface area contributed by atoms with Crippen LogP contribution >= 0.6 is 23.2 Å². The molecule has 0 aliphatic heterocycles. The standard InChI is InChI=1S/C15H16Cl2N2O2/c16-13-7-11(8-19-15(13)17)14(21)9-18-6-5-10-1-3-12(20)4-2-10/h1-4,7-8,14,18,20-21H,5-6,9H2/t14-/m0/s1. The van der Waals surface area contributed by atoms with Crippen molar-refractivity contribution in [1.82, 2.24) is 10.3 Å². The van der Waals surface area contributed by atoms with Crippen LogP contribution in [0.4, 0.5) is 0 Å². The summed E-state index contributed by atoms with van der Waals surface area (Å²) in [7, 11) is 0. The Kier molecular flexibility index (Phi) is 5.82. The number of hydrogen-bond donors (Lipinski definition) is 3. The van der Waals surface area contributed by atoms with Gasteiger partial charge in [-0.25, -0.2) is 4.98 Å². The molecule has 0 fully saturated rings. The Morgan fingerprint density at radius 3 is 2.57 bits per heavy atom. The van der Waals surface area contributed by atoms with E-state index in [0.29, 0.717) is 17.1 Å². The number of aliphatic hydroxyl groups is 1. The van der Waals surface area contributed by atoms with Gasteiger partial charge in [0.1, 0.15) is 10.9 Å². The summed E-state index contributed by atoms with van der Waals surface area (Å²) >= 11 is 11.6. The number of hydrogen-bond acceptors (Lipinski definition) is 4. The summed E-state index contributed by atoms with van der Waals surface area (Å²) in [5.41, 5.74) is 1.74. The average molecular weight is 327 g/mol. The van der Waals surface area contributed by atoms with Crippen molar-refractivity contribution in [1.29, 1.82) is 0 Å². The van der Waals surface area contributed by atoms with Gasteiger partial charge in [0.2, 0.25) is 0 Å². The molecule has 1 aromatic heterocycles. The molecule has 0 amide bonds. The largest absolute Gasteiger partial charge is 0.508 e. The van der Waals surface area contributed by atoms with E-state index in [0.717, 1.165) is 18.5 Å². The maximum Gasteiger partial charge on any atom is 0.147 e. The lowest BCUT2D eigenvalue weighted by Crippen LogP contribution is -2.23. The summed E-state index contributed by atoms with van der Waals surface area (Å²) in [6.45, 7) is 1.12. The number of pyridine rings is 1. The molecule has 1 heterocycles. The topological polar surface area (TPSA) is 65.4 Å². The highest BCUT2D eigenvalue weighted by molar-refractivity contribution is 6.41. The van der Waals surface area contributed by atoms with E-state index in [1.54, 1.807) is 18.2 Å². The molecule has 1 atom stereocenters. The average Bonchev–Trinajstić information content (AvgIpc) is 2.48. The van der Waals surface area contributed by atoms with Crippen molar-refractivity contribution < 1.29 is 10.2 Å². The number of benzene rings is 1. The van der Waals surface area contributed by atoms with Crippen LogP contribution in [0.25, 0.3) is 0 Å². The molecule has 2 aromatic rings. The van der Waals surface area contributed by atoms with E-state index < -0.39 is 6.10 Å². The van der Waals surface area contributed by atoms with Crippen LogP contribution in [-0.4, -0.2) is 28.3 Å². The normalized spacial score (nSPS) is 12.3. The zero-order chi connectivity index (χ0) is 15.2. The van der Waals surface area contributed by atoms with Gasteiger partial charge in [-0.2, -0.15) is 0 Å². The van der Waals surface area contributed by atoms with Crippen LogP contribution in [0.15, 0.2) is 36.5 Å². The van der Waals surface area contributed by atoms with Gasteiger partial charge < -0.3 is 15.5 Å². The zero-order valence-electron chi connectivity index (χ0n) is 11.3. The van der Waals surface area contributed by atoms with E-state index in [2.05, 4.69) is 10.3 Å². The van der Waals surface area contributed by atoms with E-state index in [1.165, 1.54) is 6.20 Å². The molecular formula is C15H16Cl2N2O2. The SMILES string of the molecule is Oc1ccc(CCNC[C@H](O)c2cnc(Cl)c(Cl)c2)cc1. The number of halogens is 2. The van der Waals surface area contributed by atoms with E-state index in [9.17, 15) is 10.2 Å². The summed E-state index contributed by atoms with van der Waals surface area (Å²) in [5.74, 6) is 0.259. The quantitative estimate of drug-likeness (QED) is 0.564. The molecule has 0 aliphatic carbocycles. The number of aromatic hydroxyl groups is 1. The van der Waals surface area contributed by atoms with Crippen molar-refractivity contribution >= 4 is 23.2 Å². The first-order valence-electron chi connectivity index (χ1n) is 6.54. The Balaban J connectivity index is 1.77. The van der Waals surface area contributed by atoms with Crippen molar-refractivity contribution in [2.45, 2.75) is 12.5 Å². The number of rotatable bonds is 6. The minimum absolute atomic E-state index is 0.230. The second-order valence-electron chi connectivity index (χ2n) is 4.68. The number of nitrogens with zero attached hydrogens (tertiary/aromatic N) is 1. The Morgan fingerprint density at radius 1 is 1.19 bits per heavy atom. The predicted octanol–water partition coefficient (Wildman–Crippen LogP) is 2.96. The first-order chi connectivity index (χ1) is 10.1. The maximum atomic E-state index is 10.0. The van der Waals surface area contributed by atoms with Gasteiger partial charge in [0, 0.05) is 18.3 Å². The van der Waals surface area contributed by atoms with Crippen LogP contribution in [0.3, 0.4) is 0 Å². The second-order valence-corrected chi connectivity index (χ2v) is 5.44. The van der Waals surface area contributed by atoms with Crippen LogP contribution in [0.2, 0.25) is 10.2 Å². The van der Waals surface area contributed by atoms with Crippen LogP contribution in [0, 0.1) is 0 Å². The van der Waals surface area contributed by atoms with Crippen molar-refractivity contribution in [2.75, 3.05) is 13.1 Å². The van der Waals surface area contributed by atoms with Crippen LogP contribution in [0.1, 0.15) is 17.2 Å². The third-order valence-electron chi connectivity index (χ3n) is 3.07. The Hall–Kier alpha value is -1.33. The van der Waals surface area contributed by atoms with Gasteiger partial charge in [0.25, 0.3) is 0 Å². The maximum absolute atomic E-state index is 10.0. The zero-order valence-corrected chi connectivity index (χ0v) is 12.8. The monoisotopic (exact) mass is 326 g/mol. The van der Waals surface area contributed by atoms with Gasteiger partial charge in [-0.3, -0.25) is 0 Å². The smallest absolute Gasteiger partial charge is 0.147 e. The predicted molar refractivity (Wildman–Crippen MR) is 83.9 cm³/mol. The molecule has 0 aliphatic rings.